The fraction of sp³-hybridized carbons (Fsp3) is 0.406. The summed E-state index contributed by atoms with van der Waals surface area (Å²) in [5.41, 5.74) is 8.55. The van der Waals surface area contributed by atoms with Crippen LogP contribution < -0.4 is 10.5 Å². The summed E-state index contributed by atoms with van der Waals surface area (Å²) < 4.78 is 5.72. The van der Waals surface area contributed by atoms with E-state index in [1.165, 1.54) is 25.8 Å². The molecule has 0 radical (unpaired) electrons. The first-order valence-corrected chi connectivity index (χ1v) is 14.0. The number of Topliss-reactive ketones (excluding diaryl/α,β-unsaturated/α-hetero) is 2. The van der Waals surface area contributed by atoms with Crippen molar-refractivity contribution in [3.05, 3.63) is 69.7 Å². The maximum atomic E-state index is 13.8. The van der Waals surface area contributed by atoms with Gasteiger partial charge in [-0.15, -0.1) is 0 Å². The minimum atomic E-state index is -0.958. The first kappa shape index (κ1) is 28.4. The van der Waals surface area contributed by atoms with E-state index in [-0.39, 0.29) is 52.7 Å². The lowest BCUT2D eigenvalue weighted by atomic mass is 9.70. The van der Waals surface area contributed by atoms with Gasteiger partial charge in [-0.3, -0.25) is 19.3 Å². The van der Waals surface area contributed by atoms with Crippen molar-refractivity contribution in [1.82, 2.24) is 4.90 Å². The predicted octanol–water partition coefficient (Wildman–Crippen LogP) is 4.52. The molecule has 2 aromatic rings. The van der Waals surface area contributed by atoms with E-state index < -0.39 is 23.4 Å². The van der Waals surface area contributed by atoms with Crippen LogP contribution in [0.25, 0.3) is 11.1 Å². The second kappa shape index (κ2) is 11.4. The number of ketones is 2. The molecule has 9 heteroatoms. The zero-order chi connectivity index (χ0) is 29.4. The fourth-order valence-electron chi connectivity index (χ4n) is 6.77. The van der Waals surface area contributed by atoms with E-state index in [0.29, 0.717) is 24.2 Å². The van der Waals surface area contributed by atoms with Gasteiger partial charge in [0.15, 0.2) is 11.6 Å². The molecule has 1 heterocycles. The second-order valence-corrected chi connectivity index (χ2v) is 11.4. The number of fused-ring (bicyclic) bond motifs is 1. The number of phenols is 1. The molecule has 2 atom stereocenters. The lowest BCUT2D eigenvalue weighted by Crippen LogP contribution is -2.32. The van der Waals surface area contributed by atoms with E-state index in [1.54, 1.807) is 13.2 Å². The van der Waals surface area contributed by atoms with E-state index in [1.807, 2.05) is 12.1 Å². The number of aliphatic hydroxyl groups is 2. The van der Waals surface area contributed by atoms with Gasteiger partial charge in [0, 0.05) is 30.5 Å². The van der Waals surface area contributed by atoms with Crippen LogP contribution in [0.15, 0.2) is 53.0 Å². The number of likely N-dealkylation sites (tertiary alicyclic amines) is 1. The summed E-state index contributed by atoms with van der Waals surface area (Å²) in [4.78, 5) is 40.5. The lowest BCUT2D eigenvalue weighted by molar-refractivity contribution is -0.122. The Labute approximate surface area is 238 Å². The van der Waals surface area contributed by atoms with E-state index in [2.05, 4.69) is 11.0 Å². The van der Waals surface area contributed by atoms with Crippen LogP contribution in [0.3, 0.4) is 0 Å². The Morgan fingerprint density at radius 2 is 1.78 bits per heavy atom. The van der Waals surface area contributed by atoms with Gasteiger partial charge in [0.05, 0.1) is 18.4 Å². The van der Waals surface area contributed by atoms with Crippen molar-refractivity contribution in [2.45, 2.75) is 52.0 Å². The van der Waals surface area contributed by atoms with Crippen LogP contribution in [0, 0.1) is 11.8 Å². The number of rotatable bonds is 7. The minimum Gasteiger partial charge on any atom is -0.512 e. The van der Waals surface area contributed by atoms with Crippen LogP contribution in [0.2, 0.25) is 0 Å². The number of ether oxygens (including phenoxy) is 1. The summed E-state index contributed by atoms with van der Waals surface area (Å²) in [5.74, 6) is -2.83. The van der Waals surface area contributed by atoms with E-state index >= 15 is 0 Å². The molecule has 5 N–H and O–H groups in total. The smallest absolute Gasteiger partial charge is 0.255 e. The Kier molecular flexibility index (Phi) is 7.91. The summed E-state index contributed by atoms with van der Waals surface area (Å²) in [6.07, 6.45) is 3.05. The number of phenolic OH excluding ortho intramolecular Hbond substituents is 1. The Morgan fingerprint density at radius 3 is 2.41 bits per heavy atom. The number of aromatic hydroxyl groups is 1. The highest BCUT2D eigenvalue weighted by Crippen LogP contribution is 2.46. The maximum absolute atomic E-state index is 13.8. The zero-order valence-electron chi connectivity index (χ0n) is 23.4. The molecule has 1 aliphatic heterocycles. The number of benzene rings is 2. The standard InChI is InChI=1S/C32H36N2O7/c1-17(35)28-20(11-19-13-25(37)30(32(33)40)26(38)14-19)15-23-21(6-7-24(36)29(23)31(28)39)22-12-18(5-8-27(22)41-2)16-34-9-3-4-10-34/h5-8,12,19-20,35-37H,3-4,9-11,13-16H2,1-2H3,(H2,33,40)/b28-17-. The normalized spacial score (nSPS) is 22.6. The highest BCUT2D eigenvalue weighted by molar-refractivity contribution is 6.19. The Bertz CT molecular complexity index is 1480. The molecule has 3 aliphatic rings. The van der Waals surface area contributed by atoms with Crippen molar-refractivity contribution in [2.75, 3.05) is 20.2 Å². The molecule has 2 aliphatic carbocycles. The molecule has 0 bridgehead atoms. The molecule has 1 fully saturated rings. The van der Waals surface area contributed by atoms with Gasteiger partial charge in [-0.05, 0) is 92.4 Å². The van der Waals surface area contributed by atoms with Crippen LogP contribution in [0.1, 0.15) is 60.5 Å². The molecule has 0 spiro atoms. The van der Waals surface area contributed by atoms with E-state index in [4.69, 9.17) is 10.5 Å². The van der Waals surface area contributed by atoms with Gasteiger partial charge in [-0.2, -0.15) is 0 Å². The number of primary amides is 1. The Morgan fingerprint density at radius 1 is 1.05 bits per heavy atom. The van der Waals surface area contributed by atoms with Gasteiger partial charge in [-0.25, -0.2) is 0 Å². The van der Waals surface area contributed by atoms with Crippen molar-refractivity contribution < 1.29 is 34.4 Å². The molecule has 0 saturated carbocycles. The number of hydrogen-bond acceptors (Lipinski definition) is 8. The minimum absolute atomic E-state index is 0.00307. The van der Waals surface area contributed by atoms with Crippen LogP contribution in [0.4, 0.5) is 0 Å². The van der Waals surface area contributed by atoms with Crippen molar-refractivity contribution in [3.63, 3.8) is 0 Å². The molecule has 41 heavy (non-hydrogen) atoms. The van der Waals surface area contributed by atoms with Gasteiger partial charge in [0.2, 0.25) is 0 Å². The van der Waals surface area contributed by atoms with E-state index in [0.717, 1.165) is 36.3 Å². The zero-order valence-corrected chi connectivity index (χ0v) is 23.4. The number of methoxy groups -OCH3 is 1. The maximum Gasteiger partial charge on any atom is 0.255 e. The SMILES string of the molecule is COc1ccc(CN2CCCC2)cc1-c1ccc(O)c2c1CC(CC1CC(=O)C(C(N)=O)=C(O)C1)/C(=C(\C)O)C2=O. The number of amides is 1. The van der Waals surface area contributed by atoms with Crippen molar-refractivity contribution in [1.29, 1.82) is 0 Å². The predicted molar refractivity (Wildman–Crippen MR) is 153 cm³/mol. The van der Waals surface area contributed by atoms with Crippen LogP contribution >= 0.6 is 0 Å². The summed E-state index contributed by atoms with van der Waals surface area (Å²) >= 11 is 0. The summed E-state index contributed by atoms with van der Waals surface area (Å²) in [6, 6.07) is 9.31. The Hall–Kier alpha value is -4.11. The van der Waals surface area contributed by atoms with Gasteiger partial charge in [0.25, 0.3) is 5.91 Å². The average molecular weight is 561 g/mol. The van der Waals surface area contributed by atoms with Gasteiger partial charge >= 0.3 is 0 Å². The third-order valence-electron chi connectivity index (χ3n) is 8.56. The van der Waals surface area contributed by atoms with Crippen LogP contribution in [-0.4, -0.2) is 57.9 Å². The molecule has 0 aromatic heterocycles. The molecule has 216 valence electrons. The highest BCUT2D eigenvalue weighted by Gasteiger charge is 2.39. The van der Waals surface area contributed by atoms with Crippen LogP contribution in [0.5, 0.6) is 11.5 Å². The lowest BCUT2D eigenvalue weighted by Gasteiger charge is -2.33. The van der Waals surface area contributed by atoms with Gasteiger partial charge in [0.1, 0.15) is 22.8 Å². The summed E-state index contributed by atoms with van der Waals surface area (Å²) in [6.45, 7) is 4.34. The highest BCUT2D eigenvalue weighted by atomic mass is 16.5. The van der Waals surface area contributed by atoms with E-state index in [9.17, 15) is 29.7 Å². The number of nitrogens with zero attached hydrogens (tertiary/aromatic N) is 1. The molecule has 9 nitrogen and oxygen atoms in total. The van der Waals surface area contributed by atoms with Crippen molar-refractivity contribution in [2.24, 2.45) is 17.6 Å². The van der Waals surface area contributed by atoms with Gasteiger partial charge in [-0.1, -0.05) is 12.1 Å². The summed E-state index contributed by atoms with van der Waals surface area (Å²) in [7, 11) is 1.59. The third-order valence-corrected chi connectivity index (χ3v) is 8.56. The summed E-state index contributed by atoms with van der Waals surface area (Å²) in [5, 5.41) is 31.8. The number of allylic oxidation sites excluding steroid dienone is 3. The monoisotopic (exact) mass is 560 g/mol. The first-order valence-electron chi connectivity index (χ1n) is 14.0. The van der Waals surface area contributed by atoms with Crippen molar-refractivity contribution in [3.8, 4) is 22.6 Å². The molecule has 1 saturated heterocycles. The fourth-order valence-corrected chi connectivity index (χ4v) is 6.77. The first-order chi connectivity index (χ1) is 19.6. The quantitative estimate of drug-likeness (QED) is 0.219. The molecular formula is C32H36N2O7. The molecule has 2 unspecified atom stereocenters. The molecule has 1 amide bonds. The number of aliphatic hydroxyl groups excluding tert-OH is 2. The largest absolute Gasteiger partial charge is 0.512 e. The number of carbonyl (C=O) groups is 3. The number of carbonyl (C=O) groups excluding carboxylic acids is 3. The topological polar surface area (TPSA) is 150 Å². The Balaban J connectivity index is 1.55. The van der Waals surface area contributed by atoms with Crippen LogP contribution in [-0.2, 0) is 22.6 Å². The molecule has 5 rings (SSSR count). The van der Waals surface area contributed by atoms with Crippen molar-refractivity contribution >= 4 is 17.5 Å². The third kappa shape index (κ3) is 5.46. The molecule has 2 aromatic carbocycles. The average Bonchev–Trinajstić information content (AvgIpc) is 3.41. The number of nitrogens with two attached hydrogens (primary N) is 1. The molecular weight excluding hydrogens is 524 g/mol. The number of hydrogen-bond donors (Lipinski definition) is 4. The second-order valence-electron chi connectivity index (χ2n) is 11.4. The van der Waals surface area contributed by atoms with Gasteiger partial charge < -0.3 is 25.8 Å².